The zero-order valence-electron chi connectivity index (χ0n) is 11.8. The van der Waals surface area contributed by atoms with Gasteiger partial charge in [0, 0.05) is 0 Å². The lowest BCUT2D eigenvalue weighted by atomic mass is 10.1. The molecule has 5 heteroatoms. The average molecular weight is 312 g/mol. The van der Waals surface area contributed by atoms with Crippen LogP contribution >= 0.6 is 12.4 Å². The molecule has 2 rings (SSSR count). The molecule has 0 aromatic heterocycles. The van der Waals surface area contributed by atoms with Crippen molar-refractivity contribution in [1.82, 2.24) is 0 Å². The molecule has 0 aliphatic carbocycles. The van der Waals surface area contributed by atoms with E-state index in [4.69, 9.17) is 15.2 Å². The van der Waals surface area contributed by atoms with Crippen LogP contribution < -0.4 is 15.2 Å². The van der Waals surface area contributed by atoms with E-state index in [1.807, 2.05) is 30.3 Å². The van der Waals surface area contributed by atoms with Gasteiger partial charge in [-0.25, -0.2) is 4.39 Å². The van der Waals surface area contributed by atoms with Crippen molar-refractivity contribution >= 4 is 12.4 Å². The topological polar surface area (TPSA) is 44.5 Å². The zero-order valence-corrected chi connectivity index (χ0v) is 12.6. The summed E-state index contributed by atoms with van der Waals surface area (Å²) in [6.45, 7) is -0.185. The first-order chi connectivity index (χ1) is 9.74. The predicted octanol–water partition coefficient (Wildman–Crippen LogP) is 3.67. The lowest BCUT2D eigenvalue weighted by Gasteiger charge is -2.14. The molecule has 0 heterocycles. The fourth-order valence-electron chi connectivity index (χ4n) is 1.86. The van der Waals surface area contributed by atoms with Crippen molar-refractivity contribution < 1.29 is 13.9 Å². The van der Waals surface area contributed by atoms with Gasteiger partial charge >= 0.3 is 0 Å². The van der Waals surface area contributed by atoms with Gasteiger partial charge in [-0.2, -0.15) is 0 Å². The highest BCUT2D eigenvalue weighted by molar-refractivity contribution is 5.85. The monoisotopic (exact) mass is 311 g/mol. The molecule has 0 amide bonds. The maximum Gasteiger partial charge on any atom is 0.161 e. The van der Waals surface area contributed by atoms with Gasteiger partial charge in [0.25, 0.3) is 0 Å². The smallest absolute Gasteiger partial charge is 0.161 e. The Morgan fingerprint density at radius 1 is 1.10 bits per heavy atom. The molecule has 21 heavy (non-hydrogen) atoms. The normalized spacial score (nSPS) is 11.4. The molecule has 114 valence electrons. The Balaban J connectivity index is 0.00000220. The summed E-state index contributed by atoms with van der Waals surface area (Å²) >= 11 is 0. The number of ether oxygens (including phenoxy) is 2. The zero-order chi connectivity index (χ0) is 14.4. The van der Waals surface area contributed by atoms with Gasteiger partial charge in [0.2, 0.25) is 0 Å². The number of nitrogens with two attached hydrogens (primary N) is 1. The van der Waals surface area contributed by atoms with Crippen LogP contribution in [0.25, 0.3) is 0 Å². The fourth-order valence-corrected chi connectivity index (χ4v) is 1.86. The van der Waals surface area contributed by atoms with Crippen molar-refractivity contribution in [2.75, 3.05) is 13.8 Å². The Kier molecular flexibility index (Phi) is 6.99. The summed E-state index contributed by atoms with van der Waals surface area (Å²) in [7, 11) is 1.57. The van der Waals surface area contributed by atoms with Crippen LogP contribution in [0.1, 0.15) is 17.2 Å². The summed E-state index contributed by atoms with van der Waals surface area (Å²) in [5.41, 5.74) is 7.43. The molecule has 0 unspecified atom stereocenters. The van der Waals surface area contributed by atoms with Crippen LogP contribution in [-0.4, -0.2) is 13.8 Å². The number of methoxy groups -OCH3 is 1. The van der Waals surface area contributed by atoms with Crippen molar-refractivity contribution in [2.24, 2.45) is 5.73 Å². The number of alkyl halides is 1. The van der Waals surface area contributed by atoms with Crippen molar-refractivity contribution in [3.05, 3.63) is 59.7 Å². The summed E-state index contributed by atoms with van der Waals surface area (Å²) in [4.78, 5) is 0. The Morgan fingerprint density at radius 3 is 2.43 bits per heavy atom. The largest absolute Gasteiger partial charge is 0.493 e. The lowest BCUT2D eigenvalue weighted by molar-refractivity contribution is 0.283. The Morgan fingerprint density at radius 2 is 1.81 bits per heavy atom. The van der Waals surface area contributed by atoms with Crippen LogP contribution in [0.5, 0.6) is 11.5 Å². The molecule has 1 atom stereocenters. The third kappa shape index (κ3) is 4.62. The van der Waals surface area contributed by atoms with E-state index >= 15 is 0 Å². The molecular formula is C16H19ClFNO2. The maximum absolute atomic E-state index is 12.6. The summed E-state index contributed by atoms with van der Waals surface area (Å²) in [6, 6.07) is 14.4. The summed E-state index contributed by atoms with van der Waals surface area (Å²) in [5, 5.41) is 0. The highest BCUT2D eigenvalue weighted by Gasteiger charge is 2.11. The van der Waals surface area contributed by atoms with Crippen LogP contribution in [0, 0.1) is 0 Å². The summed E-state index contributed by atoms with van der Waals surface area (Å²) in [5.74, 6) is 1.17. The van der Waals surface area contributed by atoms with E-state index in [1.165, 1.54) is 0 Å². The molecule has 0 radical (unpaired) electrons. The van der Waals surface area contributed by atoms with Crippen LogP contribution in [0.3, 0.4) is 0 Å². The van der Waals surface area contributed by atoms with Gasteiger partial charge in [-0.3, -0.25) is 0 Å². The third-order valence-corrected chi connectivity index (χ3v) is 3.02. The molecule has 0 saturated carbocycles. The predicted molar refractivity (Wildman–Crippen MR) is 83.9 cm³/mol. The number of halogens is 2. The third-order valence-electron chi connectivity index (χ3n) is 3.02. The standard InChI is InChI=1S/C16H18FNO2.ClH/c1-19-15-8-7-13(14(18)10-17)9-16(15)20-11-12-5-3-2-4-6-12;/h2-9,14H,10-11,18H2,1H3;1H/t14-;/m1./s1. The molecule has 0 aliphatic heterocycles. The SMILES string of the molecule is COc1ccc([C@H](N)CF)cc1OCc1ccccc1.Cl. The Hall–Kier alpha value is -1.78. The number of benzene rings is 2. The van der Waals surface area contributed by atoms with Gasteiger partial charge in [0.1, 0.15) is 13.3 Å². The van der Waals surface area contributed by atoms with Gasteiger partial charge in [-0.15, -0.1) is 12.4 Å². The van der Waals surface area contributed by atoms with Gasteiger partial charge in [-0.05, 0) is 23.3 Å². The molecule has 0 bridgehead atoms. The van der Waals surface area contributed by atoms with Crippen molar-refractivity contribution in [2.45, 2.75) is 12.6 Å². The highest BCUT2D eigenvalue weighted by Crippen LogP contribution is 2.30. The van der Waals surface area contributed by atoms with E-state index in [2.05, 4.69) is 0 Å². The molecule has 0 fully saturated rings. The maximum atomic E-state index is 12.6. The Labute approximate surface area is 130 Å². The fraction of sp³-hybridized carbons (Fsp3) is 0.250. The van der Waals surface area contributed by atoms with Crippen molar-refractivity contribution in [3.63, 3.8) is 0 Å². The van der Waals surface area contributed by atoms with E-state index in [0.29, 0.717) is 23.7 Å². The lowest BCUT2D eigenvalue weighted by Crippen LogP contribution is -2.12. The number of rotatable bonds is 6. The van der Waals surface area contributed by atoms with Crippen LogP contribution in [0.15, 0.2) is 48.5 Å². The van der Waals surface area contributed by atoms with Crippen LogP contribution in [-0.2, 0) is 6.61 Å². The minimum absolute atomic E-state index is 0. The molecule has 2 aromatic rings. The van der Waals surface area contributed by atoms with E-state index < -0.39 is 12.7 Å². The average Bonchev–Trinajstić information content (AvgIpc) is 2.52. The minimum Gasteiger partial charge on any atom is -0.493 e. The van der Waals surface area contributed by atoms with Crippen molar-refractivity contribution in [3.8, 4) is 11.5 Å². The number of hydrogen-bond acceptors (Lipinski definition) is 3. The molecular weight excluding hydrogens is 293 g/mol. The van der Waals surface area contributed by atoms with Gasteiger partial charge in [0.15, 0.2) is 11.5 Å². The summed E-state index contributed by atoms with van der Waals surface area (Å²) in [6.07, 6.45) is 0. The van der Waals surface area contributed by atoms with Gasteiger partial charge in [-0.1, -0.05) is 36.4 Å². The van der Waals surface area contributed by atoms with E-state index in [1.54, 1.807) is 25.3 Å². The highest BCUT2D eigenvalue weighted by atomic mass is 35.5. The van der Waals surface area contributed by atoms with E-state index in [-0.39, 0.29) is 12.4 Å². The van der Waals surface area contributed by atoms with Crippen molar-refractivity contribution in [1.29, 1.82) is 0 Å². The van der Waals surface area contributed by atoms with Gasteiger partial charge in [0.05, 0.1) is 13.2 Å². The first-order valence-corrected chi connectivity index (χ1v) is 6.40. The second kappa shape index (κ2) is 8.49. The number of hydrogen-bond donors (Lipinski definition) is 1. The molecule has 0 saturated heterocycles. The molecule has 3 nitrogen and oxygen atoms in total. The quantitative estimate of drug-likeness (QED) is 0.885. The van der Waals surface area contributed by atoms with Crippen LogP contribution in [0.2, 0.25) is 0 Å². The first kappa shape index (κ1) is 17.3. The summed E-state index contributed by atoms with van der Waals surface area (Å²) < 4.78 is 23.6. The van der Waals surface area contributed by atoms with Gasteiger partial charge < -0.3 is 15.2 Å². The second-order valence-electron chi connectivity index (χ2n) is 4.45. The molecule has 0 spiro atoms. The molecule has 2 aromatic carbocycles. The molecule has 2 N–H and O–H groups in total. The first-order valence-electron chi connectivity index (χ1n) is 6.40. The minimum atomic E-state index is -0.639. The van der Waals surface area contributed by atoms with E-state index in [0.717, 1.165) is 5.56 Å². The van der Waals surface area contributed by atoms with Crippen LogP contribution in [0.4, 0.5) is 4.39 Å². The second-order valence-corrected chi connectivity index (χ2v) is 4.45. The van der Waals surface area contributed by atoms with E-state index in [9.17, 15) is 4.39 Å². The Bertz CT molecular complexity index is 551. The molecule has 0 aliphatic rings.